The van der Waals surface area contributed by atoms with Gasteiger partial charge in [-0.2, -0.15) is 0 Å². The highest BCUT2D eigenvalue weighted by atomic mass is 32.1. The average Bonchev–Trinajstić information content (AvgIpc) is 3.15. The molecule has 30 heavy (non-hydrogen) atoms. The number of aliphatic hydroxyl groups excluding tert-OH is 1. The lowest BCUT2D eigenvalue weighted by Gasteiger charge is -2.42. The SMILES string of the molecule is C=C(C1CCC(C)CC1)N(c1cc(C(C)(C)C)sc1C(=O)OC)C1CCC(O)CC1. The molecule has 0 unspecified atom stereocenters. The fourth-order valence-electron chi connectivity index (χ4n) is 4.86. The zero-order valence-corrected chi connectivity index (χ0v) is 20.2. The Labute approximate surface area is 186 Å². The summed E-state index contributed by atoms with van der Waals surface area (Å²) in [5, 5.41) is 10.1. The van der Waals surface area contributed by atoms with E-state index in [1.807, 2.05) is 0 Å². The first-order chi connectivity index (χ1) is 14.1. The molecule has 2 saturated carbocycles. The minimum atomic E-state index is -0.267. The van der Waals surface area contributed by atoms with Gasteiger partial charge in [-0.05, 0) is 61.8 Å². The first-order valence-electron chi connectivity index (χ1n) is 11.5. The second-order valence-corrected chi connectivity index (χ2v) is 11.4. The van der Waals surface area contributed by atoms with Gasteiger partial charge in [0.05, 0.1) is 18.9 Å². The quantitative estimate of drug-likeness (QED) is 0.555. The number of ether oxygens (including phenoxy) is 1. The van der Waals surface area contributed by atoms with Gasteiger partial charge in [0, 0.05) is 16.6 Å². The van der Waals surface area contributed by atoms with Crippen LogP contribution in [-0.2, 0) is 10.2 Å². The molecule has 1 N–H and O–H groups in total. The van der Waals surface area contributed by atoms with E-state index in [2.05, 4.69) is 45.2 Å². The van der Waals surface area contributed by atoms with Gasteiger partial charge in [0.2, 0.25) is 0 Å². The zero-order valence-electron chi connectivity index (χ0n) is 19.4. The number of nitrogens with zero attached hydrogens (tertiary/aromatic N) is 1. The highest BCUT2D eigenvalue weighted by Crippen LogP contribution is 2.44. The molecule has 2 aliphatic carbocycles. The van der Waals surface area contributed by atoms with Gasteiger partial charge in [-0.3, -0.25) is 0 Å². The lowest BCUT2D eigenvalue weighted by Crippen LogP contribution is -2.41. The average molecular weight is 434 g/mol. The largest absolute Gasteiger partial charge is 0.465 e. The summed E-state index contributed by atoms with van der Waals surface area (Å²) >= 11 is 1.55. The summed E-state index contributed by atoms with van der Waals surface area (Å²) in [6.07, 6.45) is 8.05. The third-order valence-corrected chi connectivity index (χ3v) is 8.44. The maximum Gasteiger partial charge on any atom is 0.350 e. The fourth-order valence-corrected chi connectivity index (χ4v) is 5.99. The van der Waals surface area contributed by atoms with Crippen molar-refractivity contribution >= 4 is 23.0 Å². The van der Waals surface area contributed by atoms with E-state index in [1.165, 1.54) is 24.8 Å². The summed E-state index contributed by atoms with van der Waals surface area (Å²) in [5.41, 5.74) is 2.07. The number of aliphatic hydroxyl groups is 1. The number of anilines is 1. The molecule has 168 valence electrons. The van der Waals surface area contributed by atoms with Crippen LogP contribution in [0.2, 0.25) is 0 Å². The van der Waals surface area contributed by atoms with Crippen LogP contribution in [0.4, 0.5) is 5.69 Å². The topological polar surface area (TPSA) is 49.8 Å². The lowest BCUT2D eigenvalue weighted by atomic mass is 9.80. The van der Waals surface area contributed by atoms with Gasteiger partial charge in [0.15, 0.2) is 0 Å². The molecule has 0 spiro atoms. The van der Waals surface area contributed by atoms with E-state index in [0.717, 1.165) is 55.8 Å². The number of thiophene rings is 1. The fraction of sp³-hybridized carbons (Fsp3) is 0.720. The Bertz CT molecular complexity index is 747. The Morgan fingerprint density at radius 3 is 2.27 bits per heavy atom. The van der Waals surface area contributed by atoms with Crippen LogP contribution in [-0.4, -0.2) is 30.3 Å². The van der Waals surface area contributed by atoms with Crippen LogP contribution in [0.25, 0.3) is 0 Å². The molecule has 2 fully saturated rings. The van der Waals surface area contributed by atoms with Crippen LogP contribution >= 0.6 is 11.3 Å². The normalized spacial score (nSPS) is 27.5. The van der Waals surface area contributed by atoms with Crippen molar-refractivity contribution in [1.82, 2.24) is 0 Å². The summed E-state index contributed by atoms with van der Waals surface area (Å²) in [6.45, 7) is 13.5. The van der Waals surface area contributed by atoms with Crippen LogP contribution in [0.5, 0.6) is 0 Å². The molecule has 1 heterocycles. The van der Waals surface area contributed by atoms with Crippen molar-refractivity contribution in [2.24, 2.45) is 11.8 Å². The Hall–Kier alpha value is -1.33. The monoisotopic (exact) mass is 433 g/mol. The smallest absolute Gasteiger partial charge is 0.350 e. The number of rotatable bonds is 5. The lowest BCUT2D eigenvalue weighted by molar-refractivity contribution is 0.0606. The number of methoxy groups -OCH3 is 1. The van der Waals surface area contributed by atoms with Gasteiger partial charge < -0.3 is 14.7 Å². The van der Waals surface area contributed by atoms with Crippen molar-refractivity contribution in [1.29, 1.82) is 0 Å². The molecule has 4 nitrogen and oxygen atoms in total. The number of carbonyl (C=O) groups excluding carboxylic acids is 1. The van der Waals surface area contributed by atoms with Crippen molar-refractivity contribution in [2.45, 2.75) is 96.6 Å². The van der Waals surface area contributed by atoms with Gasteiger partial charge in [-0.15, -0.1) is 11.3 Å². The summed E-state index contributed by atoms with van der Waals surface area (Å²) in [6, 6.07) is 2.46. The van der Waals surface area contributed by atoms with E-state index in [-0.39, 0.29) is 23.5 Å². The van der Waals surface area contributed by atoms with Crippen molar-refractivity contribution in [2.75, 3.05) is 12.0 Å². The van der Waals surface area contributed by atoms with E-state index in [9.17, 15) is 9.90 Å². The molecule has 0 bridgehead atoms. The van der Waals surface area contributed by atoms with Crippen LogP contribution in [0.3, 0.4) is 0 Å². The van der Waals surface area contributed by atoms with Crippen molar-refractivity contribution in [3.05, 3.63) is 28.1 Å². The number of esters is 1. The number of hydrogen-bond donors (Lipinski definition) is 1. The summed E-state index contributed by atoms with van der Waals surface area (Å²) in [7, 11) is 1.46. The molecular formula is C25H39NO3S. The van der Waals surface area contributed by atoms with Gasteiger partial charge in [-0.25, -0.2) is 4.79 Å². The minimum Gasteiger partial charge on any atom is -0.465 e. The molecule has 5 heteroatoms. The minimum absolute atomic E-state index is 0.0400. The van der Waals surface area contributed by atoms with E-state index >= 15 is 0 Å². The zero-order chi connectivity index (χ0) is 22.1. The van der Waals surface area contributed by atoms with E-state index < -0.39 is 0 Å². The predicted molar refractivity (Wildman–Crippen MR) is 125 cm³/mol. The van der Waals surface area contributed by atoms with E-state index in [0.29, 0.717) is 10.8 Å². The maximum absolute atomic E-state index is 12.7. The van der Waals surface area contributed by atoms with Crippen molar-refractivity contribution < 1.29 is 14.6 Å². The third kappa shape index (κ3) is 5.11. The summed E-state index contributed by atoms with van der Waals surface area (Å²) in [4.78, 5) is 17.0. The number of hydrogen-bond acceptors (Lipinski definition) is 5. The molecular weight excluding hydrogens is 394 g/mol. The van der Waals surface area contributed by atoms with Crippen molar-refractivity contribution in [3.8, 4) is 0 Å². The highest BCUT2D eigenvalue weighted by molar-refractivity contribution is 7.14. The van der Waals surface area contributed by atoms with Crippen LogP contribution in [0, 0.1) is 11.8 Å². The number of carbonyl (C=O) groups is 1. The van der Waals surface area contributed by atoms with Crippen LogP contribution in [0.1, 0.15) is 93.6 Å². The van der Waals surface area contributed by atoms with Crippen molar-refractivity contribution in [3.63, 3.8) is 0 Å². The molecule has 0 aliphatic heterocycles. The molecule has 1 aromatic rings. The van der Waals surface area contributed by atoms with Crippen LogP contribution < -0.4 is 4.90 Å². The Morgan fingerprint density at radius 2 is 1.73 bits per heavy atom. The Morgan fingerprint density at radius 1 is 1.13 bits per heavy atom. The molecule has 2 aliphatic rings. The van der Waals surface area contributed by atoms with Gasteiger partial charge in [0.1, 0.15) is 4.88 Å². The molecule has 0 saturated heterocycles. The van der Waals surface area contributed by atoms with Gasteiger partial charge >= 0.3 is 5.97 Å². The molecule has 3 rings (SSSR count). The second kappa shape index (κ2) is 9.44. The van der Waals surface area contributed by atoms with E-state index in [1.54, 1.807) is 11.3 Å². The molecule has 0 amide bonds. The molecule has 0 aromatic carbocycles. The Kier molecular flexibility index (Phi) is 7.34. The van der Waals surface area contributed by atoms with Gasteiger partial charge in [0.25, 0.3) is 0 Å². The van der Waals surface area contributed by atoms with Crippen LogP contribution in [0.15, 0.2) is 18.3 Å². The maximum atomic E-state index is 12.7. The number of allylic oxidation sites excluding steroid dienone is 1. The predicted octanol–water partition coefficient (Wildman–Crippen LogP) is 6.28. The molecule has 0 radical (unpaired) electrons. The first-order valence-corrected chi connectivity index (χ1v) is 12.3. The standard InChI is InChI=1S/C25H39NO3S/c1-16-7-9-18(10-8-16)17(2)26(19-11-13-20(27)14-12-19)21-15-22(25(3,4)5)30-23(21)24(28)29-6/h15-16,18-20,27H,2,7-14H2,1,3-6H3. The summed E-state index contributed by atoms with van der Waals surface area (Å²) < 4.78 is 5.17. The molecule has 0 atom stereocenters. The van der Waals surface area contributed by atoms with Gasteiger partial charge in [-0.1, -0.05) is 47.1 Å². The Balaban J connectivity index is 2.02. The van der Waals surface area contributed by atoms with E-state index in [4.69, 9.17) is 4.74 Å². The highest BCUT2D eigenvalue weighted by Gasteiger charge is 2.35. The third-order valence-electron chi connectivity index (χ3n) is 6.91. The second-order valence-electron chi connectivity index (χ2n) is 10.3. The summed E-state index contributed by atoms with van der Waals surface area (Å²) in [5.74, 6) is 0.972. The first kappa shape index (κ1) is 23.3. The molecule has 1 aromatic heterocycles.